The van der Waals surface area contributed by atoms with Gasteiger partial charge in [-0.3, -0.25) is 11.3 Å². The van der Waals surface area contributed by atoms with Crippen molar-refractivity contribution in [3.63, 3.8) is 0 Å². The lowest BCUT2D eigenvalue weighted by Gasteiger charge is -2.13. The molecule has 0 fully saturated rings. The maximum atomic E-state index is 5.57. The fourth-order valence-corrected chi connectivity index (χ4v) is 2.29. The Labute approximate surface area is 104 Å². The van der Waals surface area contributed by atoms with E-state index in [0.29, 0.717) is 0 Å². The molecule has 0 saturated heterocycles. The second kappa shape index (κ2) is 5.85. The minimum absolute atomic E-state index is 0.0213. The zero-order valence-electron chi connectivity index (χ0n) is 9.71. The van der Waals surface area contributed by atoms with Gasteiger partial charge in [-0.15, -0.1) is 5.10 Å². The van der Waals surface area contributed by atoms with E-state index >= 15 is 0 Å². The minimum atomic E-state index is 0.0213. The van der Waals surface area contributed by atoms with Crippen molar-refractivity contribution in [3.05, 3.63) is 29.3 Å². The van der Waals surface area contributed by atoms with Crippen LogP contribution in [0.1, 0.15) is 30.1 Å². The summed E-state index contributed by atoms with van der Waals surface area (Å²) in [5.41, 5.74) is 2.79. The Morgan fingerprint density at radius 2 is 2.47 bits per heavy atom. The van der Waals surface area contributed by atoms with Gasteiger partial charge in [0.05, 0.1) is 17.1 Å². The van der Waals surface area contributed by atoms with Gasteiger partial charge in [0.25, 0.3) is 0 Å². The fraction of sp³-hybridized carbons (Fsp3) is 0.500. The molecule has 92 valence electrons. The first-order valence-corrected chi connectivity index (χ1v) is 6.36. The zero-order valence-corrected chi connectivity index (χ0v) is 10.5. The maximum Gasteiger partial charge on any atom is 0.110 e. The minimum Gasteiger partial charge on any atom is -0.335 e. The first-order valence-electron chi connectivity index (χ1n) is 5.58. The predicted molar refractivity (Wildman–Crippen MR) is 66.2 cm³/mol. The molecule has 2 rings (SSSR count). The van der Waals surface area contributed by atoms with Gasteiger partial charge in [0, 0.05) is 25.4 Å². The van der Waals surface area contributed by atoms with E-state index in [9.17, 15) is 0 Å². The van der Waals surface area contributed by atoms with Crippen LogP contribution in [0.3, 0.4) is 0 Å². The van der Waals surface area contributed by atoms with E-state index in [2.05, 4.69) is 31.5 Å². The van der Waals surface area contributed by atoms with E-state index in [1.54, 1.807) is 6.20 Å². The first-order chi connectivity index (χ1) is 8.35. The highest BCUT2D eigenvalue weighted by molar-refractivity contribution is 7.05. The van der Waals surface area contributed by atoms with Gasteiger partial charge in [-0.2, -0.15) is 0 Å². The Kier molecular flexibility index (Phi) is 4.18. The summed E-state index contributed by atoms with van der Waals surface area (Å²) in [5, 5.41) is 3.82. The first kappa shape index (κ1) is 12.2. The molecule has 0 bridgehead atoms. The highest BCUT2D eigenvalue weighted by Crippen LogP contribution is 2.18. The van der Waals surface area contributed by atoms with Crippen LogP contribution < -0.4 is 11.3 Å². The van der Waals surface area contributed by atoms with Crippen LogP contribution in [0, 0.1) is 0 Å². The van der Waals surface area contributed by atoms with Gasteiger partial charge in [0.2, 0.25) is 0 Å². The van der Waals surface area contributed by atoms with Gasteiger partial charge >= 0.3 is 0 Å². The van der Waals surface area contributed by atoms with Crippen LogP contribution in [-0.4, -0.2) is 19.1 Å². The molecular formula is C10H16N6S. The molecule has 0 aliphatic rings. The van der Waals surface area contributed by atoms with Crippen molar-refractivity contribution in [3.8, 4) is 0 Å². The van der Waals surface area contributed by atoms with Crippen LogP contribution in [0.15, 0.2) is 18.6 Å². The molecule has 0 saturated carbocycles. The standard InChI is InChI=1S/C10H16N6S/c1-2-4-16-5-3-12-10(16)6-8(14-11)9-7-13-15-17-9/h3,5,7-8,14H,2,4,6,11H2,1H3. The molecule has 2 aromatic rings. The van der Waals surface area contributed by atoms with Crippen molar-refractivity contribution in [2.45, 2.75) is 32.4 Å². The van der Waals surface area contributed by atoms with Crippen molar-refractivity contribution in [2.75, 3.05) is 0 Å². The van der Waals surface area contributed by atoms with Crippen LogP contribution in [0.2, 0.25) is 0 Å². The molecule has 3 N–H and O–H groups in total. The second-order valence-electron chi connectivity index (χ2n) is 3.78. The Hall–Kier alpha value is -1.31. The van der Waals surface area contributed by atoms with Crippen LogP contribution in [0.4, 0.5) is 0 Å². The fourth-order valence-electron chi connectivity index (χ4n) is 1.73. The molecule has 1 atom stereocenters. The molecule has 1 unspecified atom stereocenters. The highest BCUT2D eigenvalue weighted by atomic mass is 32.1. The van der Waals surface area contributed by atoms with Crippen LogP contribution in [0.25, 0.3) is 0 Å². The lowest BCUT2D eigenvalue weighted by Crippen LogP contribution is -2.29. The van der Waals surface area contributed by atoms with Crippen molar-refractivity contribution in [1.82, 2.24) is 24.6 Å². The Balaban J connectivity index is 2.10. The molecule has 0 radical (unpaired) electrons. The van der Waals surface area contributed by atoms with Crippen LogP contribution in [0.5, 0.6) is 0 Å². The number of nitrogens with one attached hydrogen (secondary N) is 1. The highest BCUT2D eigenvalue weighted by Gasteiger charge is 2.15. The molecule has 0 amide bonds. The molecule has 7 heteroatoms. The molecule has 0 aliphatic heterocycles. The van der Waals surface area contributed by atoms with Gasteiger partial charge in [0.15, 0.2) is 0 Å². The van der Waals surface area contributed by atoms with Gasteiger partial charge in [0.1, 0.15) is 5.82 Å². The number of hydrazine groups is 1. The van der Waals surface area contributed by atoms with E-state index in [1.807, 2.05) is 12.4 Å². The smallest absolute Gasteiger partial charge is 0.110 e. The van der Waals surface area contributed by atoms with E-state index < -0.39 is 0 Å². The zero-order chi connectivity index (χ0) is 12.1. The van der Waals surface area contributed by atoms with Gasteiger partial charge < -0.3 is 4.57 Å². The Morgan fingerprint density at radius 1 is 1.59 bits per heavy atom. The second-order valence-corrected chi connectivity index (χ2v) is 4.60. The summed E-state index contributed by atoms with van der Waals surface area (Å²) >= 11 is 1.36. The van der Waals surface area contributed by atoms with E-state index in [1.165, 1.54) is 11.5 Å². The van der Waals surface area contributed by atoms with Crippen molar-refractivity contribution in [1.29, 1.82) is 0 Å². The number of nitrogens with zero attached hydrogens (tertiary/aromatic N) is 4. The van der Waals surface area contributed by atoms with E-state index in [4.69, 9.17) is 5.84 Å². The lowest BCUT2D eigenvalue weighted by atomic mass is 10.2. The summed E-state index contributed by atoms with van der Waals surface area (Å²) in [4.78, 5) is 5.39. The van der Waals surface area contributed by atoms with Crippen molar-refractivity contribution in [2.24, 2.45) is 5.84 Å². The summed E-state index contributed by atoms with van der Waals surface area (Å²) in [6.45, 7) is 3.13. The number of aryl methyl sites for hydroxylation is 1. The SMILES string of the molecule is CCCn1ccnc1CC(NN)c1cnns1. The average molecular weight is 252 g/mol. The van der Waals surface area contributed by atoms with Crippen LogP contribution in [-0.2, 0) is 13.0 Å². The summed E-state index contributed by atoms with van der Waals surface area (Å²) in [5.74, 6) is 6.60. The van der Waals surface area contributed by atoms with E-state index in [0.717, 1.165) is 30.1 Å². The largest absolute Gasteiger partial charge is 0.335 e. The normalized spacial score (nSPS) is 12.8. The molecule has 0 aromatic carbocycles. The van der Waals surface area contributed by atoms with Gasteiger partial charge in [-0.05, 0) is 18.0 Å². The van der Waals surface area contributed by atoms with Gasteiger partial charge in [-0.1, -0.05) is 11.4 Å². The van der Waals surface area contributed by atoms with Gasteiger partial charge in [-0.25, -0.2) is 4.98 Å². The summed E-state index contributed by atoms with van der Waals surface area (Å²) in [7, 11) is 0. The number of hydrogen-bond acceptors (Lipinski definition) is 6. The molecule has 6 nitrogen and oxygen atoms in total. The topological polar surface area (TPSA) is 81.7 Å². The predicted octanol–water partition coefficient (Wildman–Crippen LogP) is 0.892. The number of imidazole rings is 1. The molecule has 0 aliphatic carbocycles. The molecule has 2 heterocycles. The monoisotopic (exact) mass is 252 g/mol. The molecule has 17 heavy (non-hydrogen) atoms. The molecule has 2 aromatic heterocycles. The molecular weight excluding hydrogens is 236 g/mol. The van der Waals surface area contributed by atoms with Crippen molar-refractivity contribution < 1.29 is 0 Å². The number of hydrogen-bond donors (Lipinski definition) is 2. The Morgan fingerprint density at radius 3 is 3.12 bits per heavy atom. The lowest BCUT2D eigenvalue weighted by molar-refractivity contribution is 0.523. The summed E-state index contributed by atoms with van der Waals surface area (Å²) < 4.78 is 6.00. The average Bonchev–Trinajstić information content (AvgIpc) is 2.97. The number of nitrogens with two attached hydrogens (primary N) is 1. The third-order valence-electron chi connectivity index (χ3n) is 2.58. The number of aromatic nitrogens is 4. The molecule has 0 spiro atoms. The summed E-state index contributed by atoms with van der Waals surface area (Å²) in [6, 6.07) is 0.0213. The third-order valence-corrected chi connectivity index (χ3v) is 3.35. The Bertz CT molecular complexity index is 437. The third kappa shape index (κ3) is 2.87. The van der Waals surface area contributed by atoms with Crippen LogP contribution >= 0.6 is 11.5 Å². The summed E-state index contributed by atoms with van der Waals surface area (Å²) in [6.07, 6.45) is 7.39. The van der Waals surface area contributed by atoms with E-state index in [-0.39, 0.29) is 6.04 Å². The maximum absolute atomic E-state index is 5.57. The quantitative estimate of drug-likeness (QED) is 0.589. The number of rotatable bonds is 6. The van der Waals surface area contributed by atoms with Crippen molar-refractivity contribution >= 4 is 11.5 Å².